The van der Waals surface area contributed by atoms with Crippen LogP contribution in [0.25, 0.3) is 0 Å². The molecule has 116 valence electrons. The predicted molar refractivity (Wildman–Crippen MR) is 83.9 cm³/mol. The van der Waals surface area contributed by atoms with Gasteiger partial charge in [-0.15, -0.1) is 6.58 Å². The number of unbranched alkanes of at least 4 members (excludes halogenated alkanes) is 7. The molecule has 0 unspecified atom stereocenters. The zero-order chi connectivity index (χ0) is 13.7. The standard InChI is InChI=1S/C17H36N.HI/c1-5-9-10-11-12-13-14-15-16-17-18(6-2,7-3)8-4;/h5H,1,6-17H2,2-4H3;1H/q+1;/p-1. The Morgan fingerprint density at radius 1 is 0.737 bits per heavy atom. The van der Waals surface area contributed by atoms with Crippen molar-refractivity contribution in [3.63, 3.8) is 0 Å². The highest BCUT2D eigenvalue weighted by Crippen LogP contribution is 2.12. The van der Waals surface area contributed by atoms with E-state index in [4.69, 9.17) is 0 Å². The zero-order valence-corrected chi connectivity index (χ0v) is 15.8. The van der Waals surface area contributed by atoms with Gasteiger partial charge < -0.3 is 28.5 Å². The average Bonchev–Trinajstić information content (AvgIpc) is 2.42. The van der Waals surface area contributed by atoms with Crippen molar-refractivity contribution in [3.8, 4) is 0 Å². The van der Waals surface area contributed by atoms with Crippen molar-refractivity contribution in [2.24, 2.45) is 0 Å². The van der Waals surface area contributed by atoms with Crippen LogP contribution in [-0.4, -0.2) is 30.7 Å². The summed E-state index contributed by atoms with van der Waals surface area (Å²) in [6, 6.07) is 0. The fourth-order valence-corrected chi connectivity index (χ4v) is 2.76. The first-order chi connectivity index (χ1) is 8.74. The molecule has 0 radical (unpaired) electrons. The zero-order valence-electron chi connectivity index (χ0n) is 13.6. The summed E-state index contributed by atoms with van der Waals surface area (Å²) >= 11 is 0. The maximum Gasteiger partial charge on any atom is 0.0786 e. The molecule has 0 atom stereocenters. The summed E-state index contributed by atoms with van der Waals surface area (Å²) in [5, 5.41) is 0. The SMILES string of the molecule is C=CCCCCCCCCC[N+](CC)(CC)CC.[I-]. The molecule has 0 saturated heterocycles. The third-order valence-electron chi connectivity index (χ3n) is 4.55. The summed E-state index contributed by atoms with van der Waals surface area (Å²) in [6.45, 7) is 16.1. The summed E-state index contributed by atoms with van der Waals surface area (Å²) in [5.41, 5.74) is 0. The molecular weight excluding hydrogens is 345 g/mol. The molecular formula is C17H36IN. The summed E-state index contributed by atoms with van der Waals surface area (Å²) in [5.74, 6) is 0. The Morgan fingerprint density at radius 3 is 1.58 bits per heavy atom. The van der Waals surface area contributed by atoms with Gasteiger partial charge in [0.05, 0.1) is 26.2 Å². The van der Waals surface area contributed by atoms with Crippen molar-refractivity contribution in [3.05, 3.63) is 12.7 Å². The van der Waals surface area contributed by atoms with E-state index in [1.54, 1.807) is 0 Å². The van der Waals surface area contributed by atoms with Gasteiger partial charge in [-0.1, -0.05) is 31.8 Å². The second kappa shape index (κ2) is 14.8. The van der Waals surface area contributed by atoms with E-state index in [1.165, 1.54) is 82.0 Å². The fourth-order valence-electron chi connectivity index (χ4n) is 2.76. The number of hydrogen-bond donors (Lipinski definition) is 0. The Hall–Kier alpha value is 0.430. The Bertz CT molecular complexity index is 179. The molecule has 0 aromatic carbocycles. The first-order valence-electron chi connectivity index (χ1n) is 8.20. The van der Waals surface area contributed by atoms with Crippen LogP contribution in [0, 0.1) is 0 Å². The van der Waals surface area contributed by atoms with E-state index in [2.05, 4.69) is 27.4 Å². The van der Waals surface area contributed by atoms with Gasteiger partial charge in [-0.3, -0.25) is 0 Å². The Kier molecular flexibility index (Phi) is 17.0. The first kappa shape index (κ1) is 21.7. The van der Waals surface area contributed by atoms with Crippen molar-refractivity contribution < 1.29 is 28.5 Å². The Balaban J connectivity index is 0. The van der Waals surface area contributed by atoms with Crippen molar-refractivity contribution in [2.75, 3.05) is 26.2 Å². The highest BCUT2D eigenvalue weighted by Gasteiger charge is 2.19. The van der Waals surface area contributed by atoms with Gasteiger partial charge in [-0.2, -0.15) is 0 Å². The number of nitrogens with zero attached hydrogens (tertiary/aromatic N) is 1. The molecule has 0 spiro atoms. The minimum atomic E-state index is 0. The number of quaternary nitrogens is 1. The number of hydrogen-bond acceptors (Lipinski definition) is 0. The lowest BCUT2D eigenvalue weighted by molar-refractivity contribution is -0.923. The van der Waals surface area contributed by atoms with Crippen LogP contribution in [0.3, 0.4) is 0 Å². The van der Waals surface area contributed by atoms with Gasteiger partial charge in [0.2, 0.25) is 0 Å². The van der Waals surface area contributed by atoms with E-state index in [-0.39, 0.29) is 24.0 Å². The third kappa shape index (κ3) is 10.8. The lowest BCUT2D eigenvalue weighted by Gasteiger charge is -2.35. The van der Waals surface area contributed by atoms with E-state index >= 15 is 0 Å². The first-order valence-corrected chi connectivity index (χ1v) is 8.20. The van der Waals surface area contributed by atoms with Crippen LogP contribution >= 0.6 is 0 Å². The van der Waals surface area contributed by atoms with E-state index in [0.717, 1.165) is 0 Å². The monoisotopic (exact) mass is 381 g/mol. The summed E-state index contributed by atoms with van der Waals surface area (Å²) < 4.78 is 1.32. The van der Waals surface area contributed by atoms with Gasteiger partial charge in [-0.05, 0) is 46.5 Å². The van der Waals surface area contributed by atoms with Crippen LogP contribution in [0.5, 0.6) is 0 Å². The normalized spacial score (nSPS) is 11.1. The van der Waals surface area contributed by atoms with Crippen LogP contribution in [0.2, 0.25) is 0 Å². The van der Waals surface area contributed by atoms with Crippen LogP contribution < -0.4 is 24.0 Å². The van der Waals surface area contributed by atoms with Crippen molar-refractivity contribution in [1.29, 1.82) is 0 Å². The van der Waals surface area contributed by atoms with Crippen molar-refractivity contribution in [1.82, 2.24) is 0 Å². The minimum absolute atomic E-state index is 0. The van der Waals surface area contributed by atoms with E-state index in [1.807, 2.05) is 6.08 Å². The summed E-state index contributed by atoms with van der Waals surface area (Å²) in [4.78, 5) is 0. The maximum atomic E-state index is 3.76. The molecule has 0 rings (SSSR count). The number of halogens is 1. The highest BCUT2D eigenvalue weighted by molar-refractivity contribution is 4.65. The van der Waals surface area contributed by atoms with Gasteiger partial charge in [0.15, 0.2) is 0 Å². The third-order valence-corrected chi connectivity index (χ3v) is 4.55. The molecule has 19 heavy (non-hydrogen) atoms. The molecule has 0 bridgehead atoms. The lowest BCUT2D eigenvalue weighted by Crippen LogP contribution is -3.00. The lowest BCUT2D eigenvalue weighted by atomic mass is 10.1. The summed E-state index contributed by atoms with van der Waals surface area (Å²) in [7, 11) is 0. The molecule has 0 aliphatic heterocycles. The smallest absolute Gasteiger partial charge is 0.0786 e. The topological polar surface area (TPSA) is 0 Å². The molecule has 0 aromatic rings. The molecule has 0 heterocycles. The number of rotatable bonds is 13. The van der Waals surface area contributed by atoms with Crippen LogP contribution in [0.4, 0.5) is 0 Å². The molecule has 0 saturated carbocycles. The Morgan fingerprint density at radius 2 is 1.16 bits per heavy atom. The van der Waals surface area contributed by atoms with Gasteiger partial charge >= 0.3 is 0 Å². The molecule has 0 aromatic heterocycles. The Labute approximate surface area is 139 Å². The fraction of sp³-hybridized carbons (Fsp3) is 0.882. The van der Waals surface area contributed by atoms with E-state index < -0.39 is 0 Å². The largest absolute Gasteiger partial charge is 1.00 e. The molecule has 0 aliphatic rings. The maximum absolute atomic E-state index is 3.76. The van der Waals surface area contributed by atoms with Crippen molar-refractivity contribution >= 4 is 0 Å². The molecule has 0 N–H and O–H groups in total. The van der Waals surface area contributed by atoms with Crippen LogP contribution in [-0.2, 0) is 0 Å². The molecule has 0 aliphatic carbocycles. The van der Waals surface area contributed by atoms with Gasteiger partial charge in [-0.25, -0.2) is 0 Å². The van der Waals surface area contributed by atoms with E-state index in [0.29, 0.717) is 0 Å². The molecule has 0 fully saturated rings. The van der Waals surface area contributed by atoms with Gasteiger partial charge in [0, 0.05) is 0 Å². The predicted octanol–water partition coefficient (Wildman–Crippen LogP) is 2.17. The highest BCUT2D eigenvalue weighted by atomic mass is 127. The summed E-state index contributed by atoms with van der Waals surface area (Å²) in [6.07, 6.45) is 13.1. The molecule has 1 nitrogen and oxygen atoms in total. The average molecular weight is 381 g/mol. The number of allylic oxidation sites excluding steroid dienone is 1. The second-order valence-electron chi connectivity index (χ2n) is 5.57. The minimum Gasteiger partial charge on any atom is -1.00 e. The van der Waals surface area contributed by atoms with Gasteiger partial charge in [0.25, 0.3) is 0 Å². The van der Waals surface area contributed by atoms with Crippen LogP contribution in [0.1, 0.15) is 72.1 Å². The van der Waals surface area contributed by atoms with Crippen LogP contribution in [0.15, 0.2) is 12.7 Å². The van der Waals surface area contributed by atoms with Crippen molar-refractivity contribution in [2.45, 2.75) is 72.1 Å². The quantitative estimate of drug-likeness (QED) is 0.199. The molecule has 0 amide bonds. The van der Waals surface area contributed by atoms with E-state index in [9.17, 15) is 0 Å². The van der Waals surface area contributed by atoms with Gasteiger partial charge in [0.1, 0.15) is 0 Å². The second-order valence-corrected chi connectivity index (χ2v) is 5.57. The molecule has 2 heteroatoms.